The van der Waals surface area contributed by atoms with E-state index in [1.807, 2.05) is 23.1 Å². The standard InChI is InChI=1S/C16H23ClN2O/c17-9-10-18-11-13-19(14-12-18)16(20)8-4-7-15-5-2-1-3-6-15/h1-3,5-6H,4,7-14H2. The van der Waals surface area contributed by atoms with Crippen molar-refractivity contribution in [2.45, 2.75) is 19.3 Å². The lowest BCUT2D eigenvalue weighted by molar-refractivity contribution is -0.133. The Morgan fingerprint density at radius 2 is 1.80 bits per heavy atom. The second-order valence-corrected chi connectivity index (χ2v) is 5.63. The van der Waals surface area contributed by atoms with E-state index < -0.39 is 0 Å². The first kappa shape index (κ1) is 15.3. The van der Waals surface area contributed by atoms with E-state index in [0.717, 1.165) is 45.6 Å². The summed E-state index contributed by atoms with van der Waals surface area (Å²) in [5.41, 5.74) is 1.31. The first-order chi connectivity index (χ1) is 9.79. The number of alkyl halides is 1. The summed E-state index contributed by atoms with van der Waals surface area (Å²) in [7, 11) is 0. The lowest BCUT2D eigenvalue weighted by Crippen LogP contribution is -2.49. The summed E-state index contributed by atoms with van der Waals surface area (Å²) in [6.45, 7) is 4.54. The van der Waals surface area contributed by atoms with Crippen LogP contribution < -0.4 is 0 Å². The van der Waals surface area contributed by atoms with Crippen molar-refractivity contribution in [3.63, 3.8) is 0 Å². The molecule has 3 nitrogen and oxygen atoms in total. The third kappa shape index (κ3) is 4.80. The molecule has 0 spiro atoms. The van der Waals surface area contributed by atoms with Crippen molar-refractivity contribution in [2.75, 3.05) is 38.6 Å². The molecule has 0 aliphatic carbocycles. The minimum absolute atomic E-state index is 0.298. The van der Waals surface area contributed by atoms with Gasteiger partial charge < -0.3 is 4.90 Å². The molecule has 0 bridgehead atoms. The molecule has 1 aromatic carbocycles. The minimum Gasteiger partial charge on any atom is -0.340 e. The summed E-state index contributed by atoms with van der Waals surface area (Å²) < 4.78 is 0. The third-order valence-electron chi connectivity index (χ3n) is 3.82. The summed E-state index contributed by atoms with van der Waals surface area (Å²) in [6, 6.07) is 10.4. The molecule has 4 heteroatoms. The molecule has 1 fully saturated rings. The number of halogens is 1. The van der Waals surface area contributed by atoms with Gasteiger partial charge in [-0.2, -0.15) is 0 Å². The second kappa shape index (κ2) is 8.28. The summed E-state index contributed by atoms with van der Waals surface area (Å²) in [5.74, 6) is 0.969. The van der Waals surface area contributed by atoms with Crippen LogP contribution in [0, 0.1) is 0 Å². The van der Waals surface area contributed by atoms with E-state index in [1.165, 1.54) is 5.56 Å². The fourth-order valence-electron chi connectivity index (χ4n) is 2.59. The molecule has 1 aliphatic heterocycles. The second-order valence-electron chi connectivity index (χ2n) is 5.25. The zero-order valence-electron chi connectivity index (χ0n) is 11.9. The number of carbonyl (C=O) groups excluding carboxylic acids is 1. The van der Waals surface area contributed by atoms with Crippen LogP contribution in [0.4, 0.5) is 0 Å². The number of piperazine rings is 1. The van der Waals surface area contributed by atoms with E-state index in [4.69, 9.17) is 11.6 Å². The first-order valence-corrected chi connectivity index (χ1v) is 7.93. The number of carbonyl (C=O) groups is 1. The molecule has 0 radical (unpaired) electrons. The lowest BCUT2D eigenvalue weighted by atomic mass is 10.1. The Kier molecular flexibility index (Phi) is 6.34. The average molecular weight is 295 g/mol. The van der Waals surface area contributed by atoms with Crippen LogP contribution in [0.3, 0.4) is 0 Å². The number of aryl methyl sites for hydroxylation is 1. The van der Waals surface area contributed by atoms with Crippen LogP contribution in [0.2, 0.25) is 0 Å². The Hall–Kier alpha value is -1.06. The normalized spacial score (nSPS) is 16.4. The Morgan fingerprint density at radius 1 is 1.10 bits per heavy atom. The van der Waals surface area contributed by atoms with Crippen molar-refractivity contribution >= 4 is 17.5 Å². The summed E-state index contributed by atoms with van der Waals surface area (Å²) in [5, 5.41) is 0. The fourth-order valence-corrected chi connectivity index (χ4v) is 2.83. The van der Waals surface area contributed by atoms with Gasteiger partial charge in [0.1, 0.15) is 0 Å². The maximum absolute atomic E-state index is 12.1. The molecule has 0 atom stereocenters. The molecule has 1 amide bonds. The van der Waals surface area contributed by atoms with Crippen LogP contribution in [0.5, 0.6) is 0 Å². The van der Waals surface area contributed by atoms with Gasteiger partial charge in [0.2, 0.25) is 5.91 Å². The van der Waals surface area contributed by atoms with Gasteiger partial charge in [-0.05, 0) is 18.4 Å². The van der Waals surface area contributed by atoms with Crippen LogP contribution in [0.1, 0.15) is 18.4 Å². The maximum Gasteiger partial charge on any atom is 0.222 e. The van der Waals surface area contributed by atoms with Crippen molar-refractivity contribution in [3.05, 3.63) is 35.9 Å². The molecule has 0 unspecified atom stereocenters. The Labute approximate surface area is 126 Å². The van der Waals surface area contributed by atoms with E-state index in [9.17, 15) is 4.79 Å². The molecule has 1 saturated heterocycles. The first-order valence-electron chi connectivity index (χ1n) is 7.39. The van der Waals surface area contributed by atoms with Crippen molar-refractivity contribution in [1.82, 2.24) is 9.80 Å². The molecule has 0 N–H and O–H groups in total. The van der Waals surface area contributed by atoms with E-state index in [2.05, 4.69) is 17.0 Å². The highest BCUT2D eigenvalue weighted by atomic mass is 35.5. The van der Waals surface area contributed by atoms with Crippen molar-refractivity contribution < 1.29 is 4.79 Å². The molecular weight excluding hydrogens is 272 g/mol. The smallest absolute Gasteiger partial charge is 0.222 e. The molecule has 0 saturated carbocycles. The van der Waals surface area contributed by atoms with E-state index >= 15 is 0 Å². The van der Waals surface area contributed by atoms with Gasteiger partial charge in [0.05, 0.1) is 0 Å². The molecule has 1 heterocycles. The maximum atomic E-state index is 12.1. The van der Waals surface area contributed by atoms with Gasteiger partial charge in [0.25, 0.3) is 0 Å². The number of rotatable bonds is 6. The predicted octanol–water partition coefficient (Wildman–Crippen LogP) is 2.39. The van der Waals surface area contributed by atoms with Crippen LogP contribution >= 0.6 is 11.6 Å². The zero-order chi connectivity index (χ0) is 14.2. The number of nitrogens with zero attached hydrogens (tertiary/aromatic N) is 2. The van der Waals surface area contributed by atoms with Gasteiger partial charge in [0.15, 0.2) is 0 Å². The lowest BCUT2D eigenvalue weighted by Gasteiger charge is -2.34. The molecule has 0 aromatic heterocycles. The summed E-state index contributed by atoms with van der Waals surface area (Å²) in [6.07, 6.45) is 2.58. The number of hydrogen-bond acceptors (Lipinski definition) is 2. The van der Waals surface area contributed by atoms with Crippen LogP contribution in [-0.2, 0) is 11.2 Å². The highest BCUT2D eigenvalue weighted by molar-refractivity contribution is 6.18. The van der Waals surface area contributed by atoms with Gasteiger partial charge in [-0.15, -0.1) is 11.6 Å². The summed E-state index contributed by atoms with van der Waals surface area (Å²) >= 11 is 5.74. The summed E-state index contributed by atoms with van der Waals surface area (Å²) in [4.78, 5) is 16.5. The Bertz CT molecular complexity index is 402. The molecule has 1 aromatic rings. The van der Waals surface area contributed by atoms with Crippen LogP contribution in [0.25, 0.3) is 0 Å². The Balaban J connectivity index is 1.66. The Morgan fingerprint density at radius 3 is 2.45 bits per heavy atom. The molecule has 110 valence electrons. The van der Waals surface area contributed by atoms with E-state index in [0.29, 0.717) is 18.2 Å². The van der Waals surface area contributed by atoms with Crippen molar-refractivity contribution in [3.8, 4) is 0 Å². The SMILES string of the molecule is O=C(CCCc1ccccc1)N1CCN(CCCl)CC1. The highest BCUT2D eigenvalue weighted by Gasteiger charge is 2.19. The van der Waals surface area contributed by atoms with Crippen LogP contribution in [-0.4, -0.2) is 54.3 Å². The third-order valence-corrected chi connectivity index (χ3v) is 3.99. The zero-order valence-corrected chi connectivity index (χ0v) is 12.7. The van der Waals surface area contributed by atoms with Gasteiger partial charge in [0, 0.05) is 45.0 Å². The topological polar surface area (TPSA) is 23.6 Å². The average Bonchev–Trinajstić information content (AvgIpc) is 2.49. The molecule has 20 heavy (non-hydrogen) atoms. The highest BCUT2D eigenvalue weighted by Crippen LogP contribution is 2.08. The fraction of sp³-hybridized carbons (Fsp3) is 0.562. The predicted molar refractivity (Wildman–Crippen MR) is 83.1 cm³/mol. The molecule has 1 aliphatic rings. The van der Waals surface area contributed by atoms with Crippen molar-refractivity contribution in [2.24, 2.45) is 0 Å². The van der Waals surface area contributed by atoms with Gasteiger partial charge in [-0.1, -0.05) is 30.3 Å². The number of hydrogen-bond donors (Lipinski definition) is 0. The molecular formula is C16H23ClN2O. The largest absolute Gasteiger partial charge is 0.340 e. The number of benzene rings is 1. The van der Waals surface area contributed by atoms with Gasteiger partial charge >= 0.3 is 0 Å². The number of amides is 1. The quantitative estimate of drug-likeness (QED) is 0.752. The van der Waals surface area contributed by atoms with Gasteiger partial charge in [-0.25, -0.2) is 0 Å². The molecule has 2 rings (SSSR count). The minimum atomic E-state index is 0.298. The van der Waals surface area contributed by atoms with Crippen LogP contribution in [0.15, 0.2) is 30.3 Å². The van der Waals surface area contributed by atoms with E-state index in [-0.39, 0.29) is 0 Å². The monoisotopic (exact) mass is 294 g/mol. The van der Waals surface area contributed by atoms with Crippen molar-refractivity contribution in [1.29, 1.82) is 0 Å². The van der Waals surface area contributed by atoms with Gasteiger partial charge in [-0.3, -0.25) is 9.69 Å². The van der Waals surface area contributed by atoms with E-state index in [1.54, 1.807) is 0 Å².